The lowest BCUT2D eigenvalue weighted by Crippen LogP contribution is -2.61. The zero-order valence-electron chi connectivity index (χ0n) is 61.5. The van der Waals surface area contributed by atoms with Crippen LogP contribution in [0.15, 0.2) is 279 Å². The van der Waals surface area contributed by atoms with E-state index in [0.717, 1.165) is 34.1 Å². The molecule has 0 unspecified atom stereocenters. The lowest BCUT2D eigenvalue weighted by Gasteiger charge is -2.46. The Balaban J connectivity index is 1.07. The van der Waals surface area contributed by atoms with Crippen LogP contribution in [0.5, 0.6) is 0 Å². The quantitative estimate of drug-likeness (QED) is 0.134. The SMILES string of the molecule is CC(C)c1cc2c3c(c1)N(c1c(-c4ccccc4)cc(C(C)(C)C)cc1-c1ccccc1)c1cc(-n4c5cc(C(C)(C)C)ccc5c5ccc(C(C)(C)C)cc54)ccc1B3c1ccc(-n3c4ccccc4c4ccccc43)cc1N2c1c(-c2ccccc2)cc(C(C)(C)C)cc1-c1ccccc1. The van der Waals surface area contributed by atoms with Gasteiger partial charge in [-0.05, 0) is 179 Å². The van der Waals surface area contributed by atoms with Crippen molar-refractivity contribution in [1.82, 2.24) is 9.13 Å². The minimum absolute atomic E-state index is 0.0862. The predicted molar refractivity (Wildman–Crippen MR) is 440 cm³/mol. The third-order valence-electron chi connectivity index (χ3n) is 22.1. The van der Waals surface area contributed by atoms with E-state index >= 15 is 0 Å². The van der Waals surface area contributed by atoms with Crippen LogP contribution in [0.2, 0.25) is 0 Å². The molecule has 2 aliphatic rings. The van der Waals surface area contributed by atoms with E-state index < -0.39 is 0 Å². The zero-order valence-corrected chi connectivity index (χ0v) is 61.5. The van der Waals surface area contributed by atoms with E-state index in [1.54, 1.807) is 0 Å². The van der Waals surface area contributed by atoms with Crippen LogP contribution >= 0.6 is 0 Å². The number of hydrogen-bond acceptors (Lipinski definition) is 2. The van der Waals surface area contributed by atoms with Gasteiger partial charge >= 0.3 is 0 Å². The molecule has 0 fully saturated rings. The smallest absolute Gasteiger partial charge is 0.252 e. The van der Waals surface area contributed by atoms with E-state index in [4.69, 9.17) is 0 Å². The first-order chi connectivity index (χ1) is 49.0. The first kappa shape index (κ1) is 64.5. The maximum Gasteiger partial charge on any atom is 0.252 e. The van der Waals surface area contributed by atoms with Gasteiger partial charge in [0.2, 0.25) is 0 Å². The second kappa shape index (κ2) is 23.9. The largest absolute Gasteiger partial charge is 0.310 e. The summed E-state index contributed by atoms with van der Waals surface area (Å²) in [4.78, 5) is 5.49. The first-order valence-electron chi connectivity index (χ1n) is 36.7. The molecule has 5 heteroatoms. The Bertz CT molecular complexity index is 5580. The minimum Gasteiger partial charge on any atom is -0.310 e. The summed E-state index contributed by atoms with van der Waals surface area (Å²) in [7, 11) is 0. The third-order valence-corrected chi connectivity index (χ3v) is 22.1. The van der Waals surface area contributed by atoms with Gasteiger partial charge in [-0.3, -0.25) is 0 Å². The summed E-state index contributed by atoms with van der Waals surface area (Å²) >= 11 is 0. The summed E-state index contributed by atoms with van der Waals surface area (Å²) in [5.74, 6) is 0.134. The standard InChI is InChI=1S/C97H89BN4/c1-61(2)66-51-89-91-90(52-66)102(93-79(64-35-23-17-24-36-64)55-70(97(12,13)14)56-80(93)65-37-25-18-26-38-65)88-60-72(100-85-57-67(94(3,4)5)43-47-75(85)76-48-44-68(58-86(76)100)95(6,7)8)46-50-82(88)98(91)81-49-45-71(99-83-41-29-27-39-73(83)74-40-28-30-42-84(74)99)59-87(81)101(89)92-77(62-31-19-15-20-32-62)53-69(96(9,10)11)54-78(92)63-33-21-16-22-34-63/h15-61H,1-14H3. The minimum atomic E-state index is -0.225. The molecule has 4 nitrogen and oxygen atoms in total. The second-order valence-corrected chi connectivity index (χ2v) is 33.2. The Morgan fingerprint density at radius 3 is 0.922 bits per heavy atom. The number of hydrogen-bond donors (Lipinski definition) is 0. The molecule has 0 atom stereocenters. The summed E-state index contributed by atoms with van der Waals surface area (Å²) in [5.41, 5.74) is 33.0. The van der Waals surface area contributed by atoms with Crippen molar-refractivity contribution in [2.24, 2.45) is 0 Å². The number of benzene rings is 13. The number of para-hydroxylation sites is 2. The second-order valence-electron chi connectivity index (χ2n) is 33.2. The number of fused-ring (bicyclic) bond motifs is 10. The van der Waals surface area contributed by atoms with Crippen molar-refractivity contribution in [2.45, 2.75) is 125 Å². The molecule has 17 rings (SSSR count). The van der Waals surface area contributed by atoms with Crippen molar-refractivity contribution in [2.75, 3.05) is 9.80 Å². The van der Waals surface area contributed by atoms with Crippen molar-refractivity contribution in [3.05, 3.63) is 307 Å². The van der Waals surface area contributed by atoms with E-state index in [0.29, 0.717) is 0 Å². The van der Waals surface area contributed by atoms with Gasteiger partial charge in [0.15, 0.2) is 0 Å². The molecule has 13 aromatic carbocycles. The van der Waals surface area contributed by atoms with Crippen molar-refractivity contribution in [1.29, 1.82) is 0 Å². The number of rotatable bonds is 9. The molecule has 2 aromatic heterocycles. The van der Waals surface area contributed by atoms with Gasteiger partial charge in [-0.1, -0.05) is 291 Å². The van der Waals surface area contributed by atoms with E-state index in [-0.39, 0.29) is 34.3 Å². The molecular formula is C97H89BN4. The Labute approximate surface area is 603 Å². The highest BCUT2D eigenvalue weighted by Gasteiger charge is 2.46. The third kappa shape index (κ3) is 10.6. The lowest BCUT2D eigenvalue weighted by molar-refractivity contribution is 0.590. The highest BCUT2D eigenvalue weighted by Crippen LogP contribution is 2.56. The van der Waals surface area contributed by atoms with Crippen molar-refractivity contribution < 1.29 is 0 Å². The molecule has 0 aliphatic carbocycles. The van der Waals surface area contributed by atoms with E-state index in [2.05, 4.69) is 395 Å². The molecule has 4 heterocycles. The zero-order chi connectivity index (χ0) is 70.5. The molecule has 2 aliphatic heterocycles. The number of anilines is 6. The maximum absolute atomic E-state index is 2.75. The van der Waals surface area contributed by atoms with Crippen LogP contribution < -0.4 is 26.2 Å². The summed E-state index contributed by atoms with van der Waals surface area (Å²) in [6.07, 6.45) is 0. The van der Waals surface area contributed by atoms with E-state index in [9.17, 15) is 0 Å². The van der Waals surface area contributed by atoms with Crippen molar-refractivity contribution >= 4 is 101 Å². The summed E-state index contributed by atoms with van der Waals surface area (Å²) in [6.45, 7) is 32.8. The first-order valence-corrected chi connectivity index (χ1v) is 36.7. The Morgan fingerprint density at radius 1 is 0.275 bits per heavy atom. The van der Waals surface area contributed by atoms with Gasteiger partial charge < -0.3 is 18.9 Å². The molecule has 500 valence electrons. The molecule has 0 saturated heterocycles. The molecule has 0 radical (unpaired) electrons. The Morgan fingerprint density at radius 2 is 0.588 bits per heavy atom. The van der Waals surface area contributed by atoms with Crippen LogP contribution in [0.3, 0.4) is 0 Å². The molecule has 0 amide bonds. The van der Waals surface area contributed by atoms with Gasteiger partial charge in [0.05, 0.1) is 33.4 Å². The van der Waals surface area contributed by atoms with Gasteiger partial charge in [-0.2, -0.15) is 0 Å². The highest BCUT2D eigenvalue weighted by atomic mass is 15.2. The summed E-state index contributed by atoms with van der Waals surface area (Å²) < 4.78 is 5.11. The molecular weight excluding hydrogens is 1230 g/mol. The van der Waals surface area contributed by atoms with E-state index in [1.165, 1.54) is 144 Å². The van der Waals surface area contributed by atoms with Crippen LogP contribution in [0.1, 0.15) is 131 Å². The molecule has 0 spiro atoms. The fourth-order valence-electron chi connectivity index (χ4n) is 16.5. The average molecular weight is 1320 g/mol. The van der Waals surface area contributed by atoms with Crippen molar-refractivity contribution in [3.8, 4) is 55.9 Å². The molecule has 102 heavy (non-hydrogen) atoms. The van der Waals surface area contributed by atoms with Gasteiger partial charge in [0, 0.05) is 77.9 Å². The predicted octanol–water partition coefficient (Wildman–Crippen LogP) is 24.9. The topological polar surface area (TPSA) is 16.3 Å². The molecule has 0 saturated carbocycles. The summed E-state index contributed by atoms with van der Waals surface area (Å²) in [5, 5.41) is 4.97. The van der Waals surface area contributed by atoms with Crippen LogP contribution in [-0.2, 0) is 21.7 Å². The number of aromatic nitrogens is 2. The highest BCUT2D eigenvalue weighted by molar-refractivity contribution is 7.00. The molecule has 15 aromatic rings. The van der Waals surface area contributed by atoms with Gasteiger partial charge in [0.1, 0.15) is 0 Å². The van der Waals surface area contributed by atoms with Crippen LogP contribution in [0.25, 0.3) is 99.5 Å². The Hall–Kier alpha value is -10.9. The molecule has 0 bridgehead atoms. The van der Waals surface area contributed by atoms with Crippen molar-refractivity contribution in [3.63, 3.8) is 0 Å². The normalized spacial score (nSPS) is 13.2. The van der Waals surface area contributed by atoms with Crippen LogP contribution in [0.4, 0.5) is 34.1 Å². The monoisotopic (exact) mass is 1320 g/mol. The Kier molecular flexibility index (Phi) is 15.1. The van der Waals surface area contributed by atoms with E-state index in [1.807, 2.05) is 0 Å². The molecule has 0 N–H and O–H groups in total. The van der Waals surface area contributed by atoms with Gasteiger partial charge in [-0.25, -0.2) is 0 Å². The fraction of sp³-hybridized carbons (Fsp3) is 0.196. The maximum atomic E-state index is 2.75. The fourth-order valence-corrected chi connectivity index (χ4v) is 16.5. The average Bonchev–Trinajstić information content (AvgIpc) is 0.744. The number of nitrogens with zero attached hydrogens (tertiary/aromatic N) is 4. The summed E-state index contributed by atoms with van der Waals surface area (Å²) in [6, 6.07) is 108. The van der Waals surface area contributed by atoms with Crippen LogP contribution in [0, 0.1) is 0 Å². The van der Waals surface area contributed by atoms with Gasteiger partial charge in [-0.15, -0.1) is 0 Å². The van der Waals surface area contributed by atoms with Crippen LogP contribution in [-0.4, -0.2) is 15.8 Å². The van der Waals surface area contributed by atoms with Gasteiger partial charge in [0.25, 0.3) is 6.71 Å². The lowest BCUT2D eigenvalue weighted by atomic mass is 9.33.